The van der Waals surface area contributed by atoms with Crippen LogP contribution in [0.5, 0.6) is 0 Å². The predicted octanol–water partition coefficient (Wildman–Crippen LogP) is -1.12. The Morgan fingerprint density at radius 1 is 1.50 bits per heavy atom. The van der Waals surface area contributed by atoms with Crippen LogP contribution in [0.2, 0.25) is 0 Å². The lowest BCUT2D eigenvalue weighted by Gasteiger charge is -2.14. The van der Waals surface area contributed by atoms with Crippen LogP contribution in [0.15, 0.2) is 4.79 Å². The molecule has 1 saturated heterocycles. The zero-order valence-electron chi connectivity index (χ0n) is 11.1. The first kappa shape index (κ1) is 15.1. The lowest BCUT2D eigenvalue weighted by Crippen LogP contribution is -2.18. The van der Waals surface area contributed by atoms with E-state index in [0.29, 0.717) is 12.8 Å². The summed E-state index contributed by atoms with van der Waals surface area (Å²) in [6.07, 6.45) is -0.0625. The quantitative estimate of drug-likeness (QED) is 0.501. The van der Waals surface area contributed by atoms with E-state index in [1.165, 1.54) is 4.68 Å². The van der Waals surface area contributed by atoms with E-state index in [0.717, 1.165) is 0 Å². The largest absolute Gasteiger partial charge is 0.469 e. The van der Waals surface area contributed by atoms with Crippen LogP contribution in [0, 0.1) is 0 Å². The highest BCUT2D eigenvalue weighted by Gasteiger charge is 2.31. The molecule has 120 valence electrons. The number of nitrogens with two attached hydrogens (primary N) is 1. The Bertz CT molecular complexity index is 797. The Hall–Kier alpha value is -1.85. The molecule has 2 atom stereocenters. The minimum absolute atomic E-state index is 0.0349. The maximum atomic E-state index is 11.7. The van der Waals surface area contributed by atoms with Crippen molar-refractivity contribution in [3.63, 3.8) is 0 Å². The van der Waals surface area contributed by atoms with Gasteiger partial charge in [0.1, 0.15) is 0 Å². The molecule has 3 rings (SSSR count). The van der Waals surface area contributed by atoms with Gasteiger partial charge in [-0.2, -0.15) is 9.67 Å². The highest BCUT2D eigenvalue weighted by molar-refractivity contribution is 7.46. The molecule has 0 amide bonds. The standard InChI is InChI=1S/C9H13N6O6P/c10-9-11-7-6(8(16)12-9)13-14-15(7)5-2-1-4(21-5)3-20-22(17,18)19/h4-5H,1-3H2,(H2,17,18,19)(H3,10,11,12,16)/t4-,5+/m0/s1. The van der Waals surface area contributed by atoms with Crippen LogP contribution in [-0.2, 0) is 13.8 Å². The van der Waals surface area contributed by atoms with Crippen LogP contribution in [0.4, 0.5) is 5.95 Å². The lowest BCUT2D eigenvalue weighted by atomic mass is 10.2. The van der Waals surface area contributed by atoms with Crippen molar-refractivity contribution in [2.24, 2.45) is 0 Å². The highest BCUT2D eigenvalue weighted by Crippen LogP contribution is 2.38. The van der Waals surface area contributed by atoms with Gasteiger partial charge in [-0.1, -0.05) is 5.21 Å². The summed E-state index contributed by atoms with van der Waals surface area (Å²) in [4.78, 5) is 35.3. The molecule has 3 heterocycles. The van der Waals surface area contributed by atoms with Crippen molar-refractivity contribution < 1.29 is 23.6 Å². The van der Waals surface area contributed by atoms with E-state index in [1.54, 1.807) is 0 Å². The average molecular weight is 332 g/mol. The minimum Gasteiger partial charge on any atom is -0.369 e. The Labute approximate surface area is 122 Å². The summed E-state index contributed by atoms with van der Waals surface area (Å²) in [7, 11) is -4.54. The summed E-state index contributed by atoms with van der Waals surface area (Å²) in [5, 5.41) is 7.56. The van der Waals surface area contributed by atoms with Gasteiger partial charge in [0.15, 0.2) is 17.4 Å². The Morgan fingerprint density at radius 3 is 3.00 bits per heavy atom. The molecule has 12 nitrogen and oxygen atoms in total. The molecule has 1 aliphatic heterocycles. The van der Waals surface area contributed by atoms with Crippen molar-refractivity contribution in [2.45, 2.75) is 25.2 Å². The maximum Gasteiger partial charge on any atom is 0.469 e. The Kier molecular flexibility index (Phi) is 3.70. The smallest absolute Gasteiger partial charge is 0.369 e. The number of ether oxygens (including phenoxy) is 1. The molecule has 2 aromatic rings. The molecule has 1 aliphatic rings. The fourth-order valence-corrected chi connectivity index (χ4v) is 2.58. The first-order valence-corrected chi connectivity index (χ1v) is 7.83. The third kappa shape index (κ3) is 3.00. The van der Waals surface area contributed by atoms with Crippen LogP contribution in [0.25, 0.3) is 11.2 Å². The van der Waals surface area contributed by atoms with E-state index in [-0.39, 0.29) is 23.7 Å². The van der Waals surface area contributed by atoms with Gasteiger partial charge in [0.05, 0.1) is 12.7 Å². The van der Waals surface area contributed by atoms with Gasteiger partial charge in [0, 0.05) is 0 Å². The number of rotatable bonds is 4. The van der Waals surface area contributed by atoms with E-state index in [9.17, 15) is 9.36 Å². The van der Waals surface area contributed by atoms with Crippen molar-refractivity contribution in [2.75, 3.05) is 12.3 Å². The zero-order valence-corrected chi connectivity index (χ0v) is 12.0. The highest BCUT2D eigenvalue weighted by atomic mass is 31.2. The number of nitrogens with zero attached hydrogens (tertiary/aromatic N) is 4. The molecule has 0 saturated carbocycles. The number of H-pyrrole nitrogens is 1. The predicted molar refractivity (Wildman–Crippen MR) is 71.5 cm³/mol. The van der Waals surface area contributed by atoms with E-state index >= 15 is 0 Å². The molecule has 0 aromatic carbocycles. The van der Waals surface area contributed by atoms with Crippen LogP contribution >= 0.6 is 7.82 Å². The average Bonchev–Trinajstić information content (AvgIpc) is 3.01. The van der Waals surface area contributed by atoms with Crippen LogP contribution in [-0.4, -0.2) is 47.5 Å². The van der Waals surface area contributed by atoms with Crippen LogP contribution in [0.3, 0.4) is 0 Å². The van der Waals surface area contributed by atoms with Crippen molar-refractivity contribution in [1.82, 2.24) is 25.0 Å². The third-order valence-electron chi connectivity index (χ3n) is 3.14. The molecule has 0 aliphatic carbocycles. The van der Waals surface area contributed by atoms with Gasteiger partial charge in [-0.3, -0.25) is 14.3 Å². The van der Waals surface area contributed by atoms with Gasteiger partial charge in [-0.05, 0) is 12.8 Å². The zero-order chi connectivity index (χ0) is 15.9. The number of nitrogens with one attached hydrogen (secondary N) is 1. The Balaban J connectivity index is 1.79. The molecular formula is C9H13N6O6P. The number of aromatic nitrogens is 5. The molecule has 22 heavy (non-hydrogen) atoms. The monoisotopic (exact) mass is 332 g/mol. The third-order valence-corrected chi connectivity index (χ3v) is 3.62. The summed E-state index contributed by atoms with van der Waals surface area (Å²) >= 11 is 0. The maximum absolute atomic E-state index is 11.7. The molecule has 0 radical (unpaired) electrons. The van der Waals surface area contributed by atoms with E-state index in [4.69, 9.17) is 20.3 Å². The fourth-order valence-electron chi connectivity index (χ4n) is 2.22. The molecular weight excluding hydrogens is 319 g/mol. The number of phosphoric acid groups is 1. The van der Waals surface area contributed by atoms with E-state index < -0.39 is 25.7 Å². The summed E-state index contributed by atoms with van der Waals surface area (Å²) in [5.74, 6) is -0.0690. The molecule has 1 fully saturated rings. The second-order valence-electron chi connectivity index (χ2n) is 4.73. The first-order valence-electron chi connectivity index (χ1n) is 6.30. The SMILES string of the molecule is Nc1nc2c(nnn2[C@H]2CC[C@@H](COP(=O)(O)O)O2)c(=O)[nH]1. The lowest BCUT2D eigenvalue weighted by molar-refractivity contribution is -0.0267. The first-order chi connectivity index (χ1) is 10.3. The van der Waals surface area contributed by atoms with Crippen molar-refractivity contribution in [1.29, 1.82) is 0 Å². The van der Waals surface area contributed by atoms with Crippen molar-refractivity contribution in [3.05, 3.63) is 10.4 Å². The van der Waals surface area contributed by atoms with Gasteiger partial charge >= 0.3 is 7.82 Å². The summed E-state index contributed by atoms with van der Waals surface area (Å²) < 4.78 is 22.0. The molecule has 0 bridgehead atoms. The number of phosphoric ester groups is 1. The second-order valence-corrected chi connectivity index (χ2v) is 5.97. The summed E-state index contributed by atoms with van der Waals surface area (Å²) in [6, 6.07) is 0. The molecule has 5 N–H and O–H groups in total. The van der Waals surface area contributed by atoms with Gasteiger partial charge in [-0.15, -0.1) is 5.10 Å². The van der Waals surface area contributed by atoms with Crippen LogP contribution in [0.1, 0.15) is 19.1 Å². The number of hydrogen-bond donors (Lipinski definition) is 4. The number of anilines is 1. The number of nitrogen functional groups attached to an aromatic ring is 1. The fraction of sp³-hybridized carbons (Fsp3) is 0.556. The number of aromatic amines is 1. The van der Waals surface area contributed by atoms with Crippen molar-refractivity contribution in [3.8, 4) is 0 Å². The van der Waals surface area contributed by atoms with E-state index in [2.05, 4.69) is 24.8 Å². The van der Waals surface area contributed by atoms with Crippen molar-refractivity contribution >= 4 is 24.9 Å². The molecule has 13 heteroatoms. The molecule has 0 unspecified atom stereocenters. The topological polar surface area (TPSA) is 178 Å². The number of hydrogen-bond acceptors (Lipinski definition) is 8. The second kappa shape index (κ2) is 5.41. The Morgan fingerprint density at radius 2 is 2.27 bits per heavy atom. The summed E-state index contributed by atoms with van der Waals surface area (Å²) in [5.41, 5.74) is 5.20. The number of fused-ring (bicyclic) bond motifs is 1. The molecule has 0 spiro atoms. The normalized spacial score (nSPS) is 22.5. The van der Waals surface area contributed by atoms with Crippen LogP contribution < -0.4 is 11.3 Å². The van der Waals surface area contributed by atoms with Gasteiger partial charge < -0.3 is 20.3 Å². The van der Waals surface area contributed by atoms with Gasteiger partial charge in [0.25, 0.3) is 5.56 Å². The minimum atomic E-state index is -4.54. The summed E-state index contributed by atoms with van der Waals surface area (Å²) in [6.45, 7) is -0.246. The van der Waals surface area contributed by atoms with Gasteiger partial charge in [-0.25, -0.2) is 4.57 Å². The van der Waals surface area contributed by atoms with E-state index in [1.807, 2.05) is 0 Å². The van der Waals surface area contributed by atoms with Gasteiger partial charge in [0.2, 0.25) is 5.95 Å². The molecule has 2 aromatic heterocycles.